The number of ether oxygens (including phenoxy) is 2. The molecule has 29 heavy (non-hydrogen) atoms. The first-order chi connectivity index (χ1) is 14.1. The second-order valence-corrected chi connectivity index (χ2v) is 7.62. The van der Waals surface area contributed by atoms with E-state index in [-0.39, 0.29) is 13.2 Å². The van der Waals surface area contributed by atoms with Gasteiger partial charge in [0.2, 0.25) is 0 Å². The van der Waals surface area contributed by atoms with E-state index < -0.39 is 17.4 Å². The summed E-state index contributed by atoms with van der Waals surface area (Å²) in [6.45, 7) is 6.18. The van der Waals surface area contributed by atoms with Gasteiger partial charge in [-0.05, 0) is 60.9 Å². The summed E-state index contributed by atoms with van der Waals surface area (Å²) < 4.78 is 10.6. The SMILES string of the molecule is CCCCc1cc(-c2ccccc2)cc2c1CC(C(=O)OCC)(C(=O)OCC)C2. The molecule has 0 atom stereocenters. The second-order valence-electron chi connectivity index (χ2n) is 7.62. The Hall–Kier alpha value is -2.62. The molecule has 0 amide bonds. The van der Waals surface area contributed by atoms with Gasteiger partial charge in [-0.25, -0.2) is 0 Å². The van der Waals surface area contributed by atoms with E-state index in [1.807, 2.05) is 18.2 Å². The van der Waals surface area contributed by atoms with Crippen molar-refractivity contribution in [1.29, 1.82) is 0 Å². The summed E-state index contributed by atoms with van der Waals surface area (Å²) in [6.07, 6.45) is 3.77. The number of carbonyl (C=O) groups excluding carboxylic acids is 2. The molecule has 3 rings (SSSR count). The molecule has 0 aromatic heterocycles. The molecule has 0 bridgehead atoms. The lowest BCUT2D eigenvalue weighted by Crippen LogP contribution is -2.43. The third-order valence-corrected chi connectivity index (χ3v) is 5.64. The lowest BCUT2D eigenvalue weighted by Gasteiger charge is -2.24. The molecule has 4 nitrogen and oxygen atoms in total. The number of hydrogen-bond acceptors (Lipinski definition) is 4. The van der Waals surface area contributed by atoms with E-state index in [1.165, 1.54) is 5.56 Å². The Bertz CT molecular complexity index is 852. The zero-order valence-corrected chi connectivity index (χ0v) is 17.6. The predicted octanol–water partition coefficient (Wildman–Crippen LogP) is 4.91. The fraction of sp³-hybridized carbons (Fsp3) is 0.440. The van der Waals surface area contributed by atoms with Crippen LogP contribution in [0.25, 0.3) is 11.1 Å². The van der Waals surface area contributed by atoms with Crippen molar-refractivity contribution < 1.29 is 19.1 Å². The molecule has 0 aliphatic heterocycles. The topological polar surface area (TPSA) is 52.6 Å². The van der Waals surface area contributed by atoms with Crippen LogP contribution >= 0.6 is 0 Å². The lowest BCUT2D eigenvalue weighted by molar-refractivity contribution is -0.171. The van der Waals surface area contributed by atoms with Gasteiger partial charge in [-0.3, -0.25) is 9.59 Å². The Labute approximate surface area is 173 Å². The maximum absolute atomic E-state index is 12.9. The van der Waals surface area contributed by atoms with Crippen molar-refractivity contribution in [3.63, 3.8) is 0 Å². The molecule has 0 saturated heterocycles. The zero-order valence-electron chi connectivity index (χ0n) is 17.6. The van der Waals surface area contributed by atoms with Gasteiger partial charge in [0, 0.05) is 6.42 Å². The molecular weight excluding hydrogens is 364 g/mol. The van der Waals surface area contributed by atoms with Gasteiger partial charge >= 0.3 is 11.9 Å². The van der Waals surface area contributed by atoms with Gasteiger partial charge in [0.15, 0.2) is 5.41 Å². The van der Waals surface area contributed by atoms with E-state index in [0.717, 1.165) is 41.5 Å². The molecule has 0 heterocycles. The summed E-state index contributed by atoms with van der Waals surface area (Å²) in [5, 5.41) is 0. The highest BCUT2D eigenvalue weighted by Crippen LogP contribution is 2.43. The second kappa shape index (κ2) is 9.25. The van der Waals surface area contributed by atoms with Gasteiger partial charge in [-0.15, -0.1) is 0 Å². The first-order valence-corrected chi connectivity index (χ1v) is 10.6. The number of aryl methyl sites for hydroxylation is 1. The van der Waals surface area contributed by atoms with E-state index in [4.69, 9.17) is 9.47 Å². The highest BCUT2D eigenvalue weighted by Gasteiger charge is 2.53. The van der Waals surface area contributed by atoms with Crippen LogP contribution in [0.2, 0.25) is 0 Å². The minimum atomic E-state index is -1.27. The van der Waals surface area contributed by atoms with Crippen LogP contribution in [0.15, 0.2) is 42.5 Å². The van der Waals surface area contributed by atoms with Crippen LogP contribution in [0, 0.1) is 5.41 Å². The Kier molecular flexibility index (Phi) is 6.73. The van der Waals surface area contributed by atoms with Gasteiger partial charge in [0.05, 0.1) is 13.2 Å². The maximum atomic E-state index is 12.9. The third-order valence-electron chi connectivity index (χ3n) is 5.64. The average molecular weight is 395 g/mol. The van der Waals surface area contributed by atoms with Crippen LogP contribution in [0.4, 0.5) is 0 Å². The molecule has 0 unspecified atom stereocenters. The van der Waals surface area contributed by atoms with Crippen molar-refractivity contribution in [2.24, 2.45) is 5.41 Å². The van der Waals surface area contributed by atoms with Crippen molar-refractivity contribution in [3.8, 4) is 11.1 Å². The molecule has 0 N–H and O–H groups in total. The van der Waals surface area contributed by atoms with Crippen LogP contribution in [0.1, 0.15) is 50.3 Å². The van der Waals surface area contributed by atoms with Crippen molar-refractivity contribution >= 4 is 11.9 Å². The van der Waals surface area contributed by atoms with Gasteiger partial charge in [-0.2, -0.15) is 0 Å². The number of carbonyl (C=O) groups is 2. The first-order valence-electron chi connectivity index (χ1n) is 10.6. The van der Waals surface area contributed by atoms with Crippen LogP contribution in [-0.4, -0.2) is 25.2 Å². The Morgan fingerprint density at radius 2 is 1.55 bits per heavy atom. The Morgan fingerprint density at radius 3 is 2.14 bits per heavy atom. The molecular formula is C25H30O4. The summed E-state index contributed by atoms with van der Waals surface area (Å²) in [5.74, 6) is -0.949. The van der Waals surface area contributed by atoms with E-state index in [2.05, 4.69) is 31.2 Å². The van der Waals surface area contributed by atoms with Crippen molar-refractivity contribution in [3.05, 3.63) is 59.2 Å². The first kappa shape index (κ1) is 21.1. The molecule has 0 fully saturated rings. The van der Waals surface area contributed by atoms with Gasteiger partial charge in [0.25, 0.3) is 0 Å². The third kappa shape index (κ3) is 4.21. The van der Waals surface area contributed by atoms with Crippen LogP contribution < -0.4 is 0 Å². The standard InChI is InChI=1S/C25H30O4/c1-4-7-11-19-14-20(18-12-9-8-10-13-18)15-21-16-25(17-22(19)21,23(26)28-5-2)24(27)29-6-3/h8-10,12-15H,4-7,11,16-17H2,1-3H3. The molecule has 0 saturated carbocycles. The molecule has 1 aliphatic carbocycles. The molecule has 2 aromatic rings. The molecule has 4 heteroatoms. The zero-order chi connectivity index (χ0) is 20.9. The van der Waals surface area contributed by atoms with E-state index >= 15 is 0 Å². The minimum Gasteiger partial charge on any atom is -0.465 e. The highest BCUT2D eigenvalue weighted by atomic mass is 16.6. The summed E-state index contributed by atoms with van der Waals surface area (Å²) in [7, 11) is 0. The Morgan fingerprint density at radius 1 is 0.897 bits per heavy atom. The number of hydrogen-bond donors (Lipinski definition) is 0. The molecule has 0 spiro atoms. The normalized spacial score (nSPS) is 14.3. The van der Waals surface area contributed by atoms with E-state index in [9.17, 15) is 9.59 Å². The van der Waals surface area contributed by atoms with Crippen LogP contribution in [0.5, 0.6) is 0 Å². The fourth-order valence-corrected chi connectivity index (χ4v) is 4.17. The summed E-state index contributed by atoms with van der Waals surface area (Å²) in [6, 6.07) is 14.6. The van der Waals surface area contributed by atoms with E-state index in [0.29, 0.717) is 12.8 Å². The quantitative estimate of drug-likeness (QED) is 0.472. The summed E-state index contributed by atoms with van der Waals surface area (Å²) in [5.41, 5.74) is 4.37. The van der Waals surface area contributed by atoms with Crippen molar-refractivity contribution in [2.75, 3.05) is 13.2 Å². The smallest absolute Gasteiger partial charge is 0.324 e. The molecule has 2 aromatic carbocycles. The van der Waals surface area contributed by atoms with E-state index in [1.54, 1.807) is 13.8 Å². The lowest BCUT2D eigenvalue weighted by atomic mass is 9.84. The average Bonchev–Trinajstić information content (AvgIpc) is 3.14. The monoisotopic (exact) mass is 394 g/mol. The minimum absolute atomic E-state index is 0.244. The number of unbranched alkanes of at least 4 members (excludes halogenated alkanes) is 1. The Balaban J connectivity index is 2.08. The van der Waals surface area contributed by atoms with Gasteiger partial charge in [0.1, 0.15) is 0 Å². The number of rotatable bonds is 8. The molecule has 0 radical (unpaired) electrons. The summed E-state index contributed by atoms with van der Waals surface area (Å²) in [4.78, 5) is 25.8. The number of esters is 2. The van der Waals surface area contributed by atoms with Crippen molar-refractivity contribution in [2.45, 2.75) is 52.9 Å². The molecule has 154 valence electrons. The van der Waals surface area contributed by atoms with Crippen LogP contribution in [-0.2, 0) is 38.3 Å². The summed E-state index contributed by atoms with van der Waals surface area (Å²) >= 11 is 0. The largest absolute Gasteiger partial charge is 0.465 e. The van der Waals surface area contributed by atoms with Crippen LogP contribution in [0.3, 0.4) is 0 Å². The van der Waals surface area contributed by atoms with Crippen molar-refractivity contribution in [1.82, 2.24) is 0 Å². The van der Waals surface area contributed by atoms with Gasteiger partial charge in [-0.1, -0.05) is 55.8 Å². The number of benzene rings is 2. The predicted molar refractivity (Wildman–Crippen MR) is 114 cm³/mol. The highest BCUT2D eigenvalue weighted by molar-refractivity contribution is 6.02. The maximum Gasteiger partial charge on any atom is 0.324 e. The fourth-order valence-electron chi connectivity index (χ4n) is 4.17. The molecule has 1 aliphatic rings. The van der Waals surface area contributed by atoms with Gasteiger partial charge < -0.3 is 9.47 Å². The number of fused-ring (bicyclic) bond motifs is 1.